The van der Waals surface area contributed by atoms with E-state index in [0.717, 1.165) is 0 Å². The van der Waals surface area contributed by atoms with Crippen LogP contribution in [0.4, 0.5) is 0 Å². The molecule has 7 heteroatoms. The van der Waals surface area contributed by atoms with E-state index in [9.17, 15) is 0 Å². The fourth-order valence-electron chi connectivity index (χ4n) is 0.259. The van der Waals surface area contributed by atoms with Crippen molar-refractivity contribution in [3.63, 3.8) is 0 Å². The fourth-order valence-corrected chi connectivity index (χ4v) is 2.22. The predicted molar refractivity (Wildman–Crippen MR) is 65.0 cm³/mol. The highest BCUT2D eigenvalue weighted by molar-refractivity contribution is 9.03. The van der Waals surface area contributed by atoms with Crippen LogP contribution in [0.25, 0.3) is 0 Å². The first kappa shape index (κ1) is 12.5. The van der Waals surface area contributed by atoms with Crippen molar-refractivity contribution in [3.8, 4) is 0 Å². The van der Waals surface area contributed by atoms with Crippen LogP contribution in [-0.4, -0.2) is 6.61 Å². The second kappa shape index (κ2) is 5.31. The maximum atomic E-state index is 5.27. The van der Waals surface area contributed by atoms with Gasteiger partial charge in [0.25, 0.3) is 0 Å². The van der Waals surface area contributed by atoms with Crippen molar-refractivity contribution < 1.29 is 4.18 Å². The predicted octanol–water partition coefficient (Wildman–Crippen LogP) is 1.11. The first-order chi connectivity index (χ1) is 4.86. The van der Waals surface area contributed by atoms with E-state index in [1.807, 2.05) is 13.8 Å². The second-order valence-electron chi connectivity index (χ2n) is 2.29. The van der Waals surface area contributed by atoms with E-state index in [4.69, 9.17) is 48.9 Å². The van der Waals surface area contributed by atoms with Crippen LogP contribution in [0.5, 0.6) is 0 Å². The molecule has 0 saturated heterocycles. The normalized spacial score (nSPS) is 12.7. The Labute approximate surface area is 88.1 Å². The Morgan fingerprint density at radius 3 is 2.09 bits per heavy atom. The van der Waals surface area contributed by atoms with Crippen LogP contribution >= 0.6 is 0 Å². The van der Waals surface area contributed by atoms with Crippen molar-refractivity contribution >= 4 is 58.3 Å². The van der Waals surface area contributed by atoms with Gasteiger partial charge in [-0.3, -0.25) is 7.05 Å². The molecule has 0 bridgehead atoms. The molecule has 0 aromatic rings. The van der Waals surface area contributed by atoms with E-state index in [-0.39, 0.29) is 0 Å². The average Bonchev–Trinajstić information content (AvgIpc) is 1.84. The molecule has 0 fully saturated rings. The van der Waals surface area contributed by atoms with Crippen LogP contribution in [0.1, 0.15) is 13.8 Å². The van der Waals surface area contributed by atoms with Gasteiger partial charge in [0, 0.05) is 0 Å². The summed E-state index contributed by atoms with van der Waals surface area (Å²) in [5, 5.41) is 0. The zero-order valence-corrected chi connectivity index (χ0v) is 11.0. The Balaban J connectivity index is 4.17. The van der Waals surface area contributed by atoms with Crippen molar-refractivity contribution in [2.45, 2.75) is 13.8 Å². The van der Waals surface area contributed by atoms with Crippen LogP contribution in [-0.2, 0) is 62.4 Å². The Kier molecular flexibility index (Phi) is 6.05. The molecule has 11 heavy (non-hydrogen) atoms. The van der Waals surface area contributed by atoms with Crippen molar-refractivity contribution in [3.05, 3.63) is 0 Å². The molecule has 0 rings (SSSR count). The van der Waals surface area contributed by atoms with E-state index >= 15 is 0 Å². The summed E-state index contributed by atoms with van der Waals surface area (Å²) in [6.07, 6.45) is 0. The van der Waals surface area contributed by atoms with Gasteiger partial charge in [-0.25, -0.2) is 22.4 Å². The van der Waals surface area contributed by atoms with Gasteiger partial charge >= 0.3 is 0 Å². The third-order valence-corrected chi connectivity index (χ3v) is 12.3. The molecule has 0 spiro atoms. The molecule has 0 N–H and O–H groups in total. The molecule has 0 aliphatic heterocycles. The van der Waals surface area contributed by atoms with Gasteiger partial charge in [-0.1, -0.05) is 13.8 Å². The highest BCUT2D eigenvalue weighted by Gasteiger charge is 1.95. The summed E-state index contributed by atoms with van der Waals surface area (Å²) >= 11 is 19.6. The van der Waals surface area contributed by atoms with Gasteiger partial charge in [0.15, 0.2) is 0 Å². The number of rotatable bonds is 4. The summed E-state index contributed by atoms with van der Waals surface area (Å²) in [6.45, 7) is 2.66. The third-order valence-electron chi connectivity index (χ3n) is 0.712. The summed E-state index contributed by atoms with van der Waals surface area (Å²) in [7, 11) is -0.785. The lowest BCUT2D eigenvalue weighted by molar-refractivity contribution is 0.316. The van der Waals surface area contributed by atoms with Crippen LogP contribution < -0.4 is 0 Å². The van der Waals surface area contributed by atoms with E-state index in [0.29, 0.717) is 12.5 Å². The molecule has 68 valence electrons. The molecule has 0 aliphatic carbocycles. The summed E-state index contributed by atoms with van der Waals surface area (Å²) < 4.78 is 5.27. The van der Waals surface area contributed by atoms with Gasteiger partial charge < -0.3 is 4.18 Å². The zero-order valence-electron chi connectivity index (χ0n) is 6.14. The first-order valence-electron chi connectivity index (χ1n) is 2.85. The quantitative estimate of drug-likeness (QED) is 0.554. The van der Waals surface area contributed by atoms with Gasteiger partial charge in [0.2, 0.25) is 0 Å². The molecule has 0 aromatic heterocycles. The molecule has 0 radical (unpaired) electrons. The van der Waals surface area contributed by atoms with E-state index in [2.05, 4.69) is 0 Å². The molecule has 0 unspecified atom stereocenters. The molecule has 0 saturated carbocycles. The van der Waals surface area contributed by atoms with Gasteiger partial charge in [-0.05, 0) is 34.8 Å². The van der Waals surface area contributed by atoms with Crippen molar-refractivity contribution in [2.75, 3.05) is 6.61 Å². The maximum Gasteiger partial charge on any atom is 0.0621 e. The Morgan fingerprint density at radius 1 is 1.36 bits per heavy atom. The molecular weight excluding hydrogens is 256 g/mol. The first-order valence-corrected chi connectivity index (χ1v) is 9.85. The van der Waals surface area contributed by atoms with Crippen LogP contribution in [0.2, 0.25) is 0 Å². The lowest BCUT2D eigenvalue weighted by Crippen LogP contribution is -2.08. The molecule has 0 heterocycles. The second-order valence-corrected chi connectivity index (χ2v) is 14.8. The monoisotopic (exact) mass is 265 g/mol. The topological polar surface area (TPSA) is 9.23 Å². The minimum absolute atomic E-state index is 0.432. The Hall–Kier alpha value is 1.54. The molecule has 1 nitrogen and oxygen atoms in total. The standard InChI is InChI=1S/C4H9OS6/c1-4(2)3-5-11(8,9)10(6)7/h4H,3H2,1-2H3/q-1. The van der Waals surface area contributed by atoms with Crippen LogP contribution in [0.3, 0.4) is 0 Å². The average molecular weight is 266 g/mol. The van der Waals surface area contributed by atoms with Gasteiger partial charge in [-0.2, -0.15) is 0 Å². The lowest BCUT2D eigenvalue weighted by atomic mass is 10.2. The van der Waals surface area contributed by atoms with Gasteiger partial charge in [0.05, 0.1) is 6.61 Å². The van der Waals surface area contributed by atoms with Crippen LogP contribution in [0.15, 0.2) is 0 Å². The number of hydrogen-bond acceptors (Lipinski definition) is 6. The smallest absolute Gasteiger partial charge is 0.0621 e. The van der Waals surface area contributed by atoms with E-state index in [1.54, 1.807) is 0 Å². The highest BCUT2D eigenvalue weighted by Crippen LogP contribution is 2.01. The van der Waals surface area contributed by atoms with Crippen molar-refractivity contribution in [1.82, 2.24) is 0 Å². The molecule has 0 atom stereocenters. The SMILES string of the molecule is CC(C)COS(=S)(=S)[S-](=S)=S. The molecule has 0 amide bonds. The van der Waals surface area contributed by atoms with Gasteiger partial charge in [0.1, 0.15) is 0 Å². The maximum absolute atomic E-state index is 5.27. The molecular formula is C4H9OS6-. The minimum atomic E-state index is -1.97. The lowest BCUT2D eigenvalue weighted by Gasteiger charge is -2.16. The molecule has 0 aromatic carbocycles. The van der Waals surface area contributed by atoms with Crippen LogP contribution in [0, 0.1) is 5.92 Å². The summed E-state index contributed by atoms with van der Waals surface area (Å²) in [6, 6.07) is 0. The van der Waals surface area contributed by atoms with E-state index in [1.165, 1.54) is 0 Å². The summed E-state index contributed by atoms with van der Waals surface area (Å²) in [5.74, 6) is 0.432. The Bertz CT molecular complexity index is 263. The highest BCUT2D eigenvalue weighted by atomic mass is 33.7. The largest absolute Gasteiger partial charge is 0.328 e. The number of hydrogen-bond donors (Lipinski definition) is 0. The van der Waals surface area contributed by atoms with Gasteiger partial charge in [-0.15, -0.1) is 0 Å². The summed E-state index contributed by atoms with van der Waals surface area (Å²) in [5.41, 5.74) is 0. The van der Waals surface area contributed by atoms with E-state index < -0.39 is 13.5 Å². The molecule has 0 aliphatic rings. The Morgan fingerprint density at radius 2 is 1.82 bits per heavy atom. The zero-order chi connectivity index (χ0) is 9.07. The third kappa shape index (κ3) is 5.73. The summed E-state index contributed by atoms with van der Waals surface area (Å²) in [4.78, 5) is 0. The van der Waals surface area contributed by atoms with Crippen molar-refractivity contribution in [1.29, 1.82) is 0 Å². The fraction of sp³-hybridized carbons (Fsp3) is 1.00. The van der Waals surface area contributed by atoms with Crippen molar-refractivity contribution in [2.24, 2.45) is 5.92 Å². The minimum Gasteiger partial charge on any atom is -0.328 e.